The number of hydrogen-bond donors (Lipinski definition) is 0. The normalized spacial score (nSPS) is 12.0. The molecule has 7 nitrogen and oxygen atoms in total. The van der Waals surface area contributed by atoms with Gasteiger partial charge in [-0.25, -0.2) is 13.1 Å². The van der Waals surface area contributed by atoms with Crippen LogP contribution in [0.2, 0.25) is 0 Å². The number of aromatic nitrogens is 2. The lowest BCUT2D eigenvalue weighted by Crippen LogP contribution is -2.02. The largest absolute Gasteiger partial charge is 0.744 e. The van der Waals surface area contributed by atoms with Crippen molar-refractivity contribution in [3.05, 3.63) is 66.0 Å². The maximum atomic E-state index is 11.0. The van der Waals surface area contributed by atoms with E-state index in [1.54, 1.807) is 4.68 Å². The summed E-state index contributed by atoms with van der Waals surface area (Å²) in [6, 6.07) is 14.9. The first-order valence-corrected chi connectivity index (χ1v) is 8.86. The molecule has 8 heteroatoms. The molecule has 0 aliphatic rings. The summed E-state index contributed by atoms with van der Waals surface area (Å²) >= 11 is 0. The first-order valence-electron chi connectivity index (χ1n) is 7.45. The minimum Gasteiger partial charge on any atom is -0.744 e. The molecule has 3 aromatic rings. The van der Waals surface area contributed by atoms with E-state index in [9.17, 15) is 13.0 Å². The van der Waals surface area contributed by atoms with E-state index in [0.29, 0.717) is 17.1 Å². The molecule has 1 heterocycles. The van der Waals surface area contributed by atoms with Gasteiger partial charge in [0, 0.05) is 0 Å². The molecule has 0 aliphatic carbocycles. The molecule has 3 rings (SSSR count). The highest BCUT2D eigenvalue weighted by molar-refractivity contribution is 7.85. The average molecular weight is 355 g/mol. The molecular formula is C17H15N4O3S-. The number of hydrogen-bond acceptors (Lipinski definition) is 6. The molecule has 1 aromatic heterocycles. The molecule has 128 valence electrons. The van der Waals surface area contributed by atoms with Gasteiger partial charge in [-0.2, -0.15) is 10.2 Å². The molecular weight excluding hydrogens is 340 g/mol. The fourth-order valence-electron chi connectivity index (χ4n) is 2.39. The van der Waals surface area contributed by atoms with Gasteiger partial charge in [0.1, 0.15) is 15.8 Å². The predicted molar refractivity (Wildman–Crippen MR) is 91.6 cm³/mol. The van der Waals surface area contributed by atoms with Gasteiger partial charge in [-0.1, -0.05) is 18.2 Å². The summed E-state index contributed by atoms with van der Waals surface area (Å²) in [6.45, 7) is 3.66. The molecule has 0 atom stereocenters. The Morgan fingerprint density at radius 2 is 1.60 bits per heavy atom. The second kappa shape index (κ2) is 6.58. The van der Waals surface area contributed by atoms with E-state index >= 15 is 0 Å². The SMILES string of the molecule is Cc1nn(-c2ccc(S(=O)(=O)[O-])cc2)c(C)c1N=Nc1ccccc1. The van der Waals surface area contributed by atoms with Gasteiger partial charge in [0.2, 0.25) is 0 Å². The lowest BCUT2D eigenvalue weighted by atomic mass is 10.3. The Morgan fingerprint density at radius 3 is 2.20 bits per heavy atom. The molecule has 0 N–H and O–H groups in total. The second-order valence-corrected chi connectivity index (χ2v) is 6.79. The van der Waals surface area contributed by atoms with Crippen LogP contribution in [0.3, 0.4) is 0 Å². The summed E-state index contributed by atoms with van der Waals surface area (Å²) in [5.41, 5.74) is 3.46. The van der Waals surface area contributed by atoms with Gasteiger partial charge in [0.25, 0.3) is 0 Å². The van der Waals surface area contributed by atoms with Crippen LogP contribution in [-0.2, 0) is 10.1 Å². The van der Waals surface area contributed by atoms with Crippen molar-refractivity contribution in [2.45, 2.75) is 18.7 Å². The summed E-state index contributed by atoms with van der Waals surface area (Å²) in [6.07, 6.45) is 0. The van der Waals surface area contributed by atoms with Crippen LogP contribution in [-0.4, -0.2) is 22.8 Å². The number of azo groups is 1. The molecule has 0 fully saturated rings. The highest BCUT2D eigenvalue weighted by Crippen LogP contribution is 2.28. The van der Waals surface area contributed by atoms with Crippen molar-refractivity contribution in [1.29, 1.82) is 0 Å². The second-order valence-electron chi connectivity index (χ2n) is 5.41. The maximum absolute atomic E-state index is 11.0. The molecule has 0 saturated carbocycles. The quantitative estimate of drug-likeness (QED) is 0.524. The minimum absolute atomic E-state index is 0.276. The molecule has 2 aromatic carbocycles. The van der Waals surface area contributed by atoms with Gasteiger partial charge in [-0.05, 0) is 50.2 Å². The van der Waals surface area contributed by atoms with Crippen LogP contribution in [0.5, 0.6) is 0 Å². The van der Waals surface area contributed by atoms with Gasteiger partial charge in [0.15, 0.2) is 0 Å². The van der Waals surface area contributed by atoms with Crippen molar-refractivity contribution in [2.75, 3.05) is 0 Å². The maximum Gasteiger partial charge on any atom is 0.130 e. The zero-order chi connectivity index (χ0) is 18.0. The fraction of sp³-hybridized carbons (Fsp3) is 0.118. The first-order chi connectivity index (χ1) is 11.9. The lowest BCUT2D eigenvalue weighted by molar-refractivity contribution is 0.463. The number of benzene rings is 2. The van der Waals surface area contributed by atoms with Crippen LogP contribution < -0.4 is 0 Å². The summed E-state index contributed by atoms with van der Waals surface area (Å²) in [4.78, 5) is -0.276. The van der Waals surface area contributed by atoms with E-state index in [0.717, 1.165) is 11.4 Å². The highest BCUT2D eigenvalue weighted by atomic mass is 32.2. The van der Waals surface area contributed by atoms with Gasteiger partial charge < -0.3 is 4.55 Å². The molecule has 0 spiro atoms. The van der Waals surface area contributed by atoms with Crippen molar-refractivity contribution in [3.8, 4) is 5.69 Å². The third-order valence-electron chi connectivity index (χ3n) is 3.64. The standard InChI is InChI=1S/C17H16N4O3S/c1-12-17(19-18-14-6-4-3-5-7-14)13(2)21(20-12)15-8-10-16(11-9-15)25(22,23)24/h3-11H,1-2H3,(H,22,23,24)/p-1. The van der Waals surface area contributed by atoms with Crippen molar-refractivity contribution in [3.63, 3.8) is 0 Å². The zero-order valence-corrected chi connectivity index (χ0v) is 14.4. The predicted octanol–water partition coefficient (Wildman–Crippen LogP) is 3.81. The smallest absolute Gasteiger partial charge is 0.130 e. The average Bonchev–Trinajstić information content (AvgIpc) is 2.87. The molecule has 25 heavy (non-hydrogen) atoms. The van der Waals surface area contributed by atoms with E-state index in [1.807, 2.05) is 44.2 Å². The third kappa shape index (κ3) is 3.65. The highest BCUT2D eigenvalue weighted by Gasteiger charge is 2.13. The molecule has 0 unspecified atom stereocenters. The number of rotatable bonds is 4. The first kappa shape index (κ1) is 17.0. The van der Waals surface area contributed by atoms with Crippen molar-refractivity contribution >= 4 is 21.5 Å². The summed E-state index contributed by atoms with van der Waals surface area (Å²) in [7, 11) is -4.47. The van der Waals surface area contributed by atoms with E-state index in [4.69, 9.17) is 0 Å². The minimum atomic E-state index is -4.47. The Morgan fingerprint density at radius 1 is 0.960 bits per heavy atom. The van der Waals surface area contributed by atoms with E-state index in [1.165, 1.54) is 24.3 Å². The fourth-order valence-corrected chi connectivity index (χ4v) is 2.86. The molecule has 0 amide bonds. The summed E-state index contributed by atoms with van der Waals surface area (Å²) in [5, 5.41) is 12.9. The Kier molecular flexibility index (Phi) is 4.47. The van der Waals surface area contributed by atoms with Crippen molar-refractivity contribution < 1.29 is 13.0 Å². The van der Waals surface area contributed by atoms with Crippen LogP contribution >= 0.6 is 0 Å². The molecule has 0 radical (unpaired) electrons. The van der Waals surface area contributed by atoms with Gasteiger partial charge in [-0.15, -0.1) is 5.11 Å². The Hall–Kier alpha value is -2.84. The summed E-state index contributed by atoms with van der Waals surface area (Å²) in [5.74, 6) is 0. The van der Waals surface area contributed by atoms with Crippen molar-refractivity contribution in [1.82, 2.24) is 9.78 Å². The van der Waals surface area contributed by atoms with Gasteiger partial charge >= 0.3 is 0 Å². The topological polar surface area (TPSA) is 99.7 Å². The number of aryl methyl sites for hydroxylation is 1. The van der Waals surface area contributed by atoms with E-state index in [2.05, 4.69) is 15.3 Å². The molecule has 0 aliphatic heterocycles. The summed E-state index contributed by atoms with van der Waals surface area (Å²) < 4.78 is 34.7. The zero-order valence-electron chi connectivity index (χ0n) is 13.6. The van der Waals surface area contributed by atoms with Crippen LogP contribution in [0.15, 0.2) is 69.7 Å². The van der Waals surface area contributed by atoms with Crippen LogP contribution in [0, 0.1) is 13.8 Å². The lowest BCUT2D eigenvalue weighted by Gasteiger charge is -2.08. The van der Waals surface area contributed by atoms with Crippen LogP contribution in [0.4, 0.5) is 11.4 Å². The molecule has 0 bridgehead atoms. The van der Waals surface area contributed by atoms with Crippen molar-refractivity contribution in [2.24, 2.45) is 10.2 Å². The van der Waals surface area contributed by atoms with Crippen LogP contribution in [0.25, 0.3) is 5.69 Å². The van der Waals surface area contributed by atoms with Crippen LogP contribution in [0.1, 0.15) is 11.4 Å². The Labute approximate surface area is 145 Å². The van der Waals surface area contributed by atoms with Gasteiger partial charge in [-0.3, -0.25) is 0 Å². The Bertz CT molecular complexity index is 1020. The molecule has 0 saturated heterocycles. The number of nitrogens with zero attached hydrogens (tertiary/aromatic N) is 4. The van der Waals surface area contributed by atoms with E-state index in [-0.39, 0.29) is 4.90 Å². The Balaban J connectivity index is 1.96. The van der Waals surface area contributed by atoms with Gasteiger partial charge in [0.05, 0.1) is 27.7 Å². The van der Waals surface area contributed by atoms with E-state index < -0.39 is 10.1 Å². The monoisotopic (exact) mass is 355 g/mol. The third-order valence-corrected chi connectivity index (χ3v) is 4.49.